The average molecular weight is 414 g/mol. The van der Waals surface area contributed by atoms with Gasteiger partial charge in [0.2, 0.25) is 5.88 Å². The minimum absolute atomic E-state index is 0.0895. The second-order valence-electron chi connectivity index (χ2n) is 8.44. The summed E-state index contributed by atoms with van der Waals surface area (Å²) in [6, 6.07) is 6.54. The van der Waals surface area contributed by atoms with Crippen LogP contribution in [0.1, 0.15) is 36.0 Å². The summed E-state index contributed by atoms with van der Waals surface area (Å²) >= 11 is 0. The van der Waals surface area contributed by atoms with Crippen molar-refractivity contribution in [2.24, 2.45) is 11.8 Å². The van der Waals surface area contributed by atoms with Gasteiger partial charge in [-0.05, 0) is 25.8 Å². The number of likely N-dealkylation sites (tertiary alicyclic amines) is 1. The molecule has 1 aliphatic heterocycles. The maximum Gasteiger partial charge on any atom is 0.319 e. The summed E-state index contributed by atoms with van der Waals surface area (Å²) in [5.74, 6) is 1.49. The summed E-state index contributed by atoms with van der Waals surface area (Å²) < 4.78 is 16.2. The van der Waals surface area contributed by atoms with Crippen LogP contribution in [0, 0.1) is 18.8 Å². The molecule has 4 rings (SSSR count). The second kappa shape index (κ2) is 8.40. The fraction of sp³-hybridized carbons (Fsp3) is 0.565. The first-order chi connectivity index (χ1) is 14.5. The van der Waals surface area contributed by atoms with E-state index in [0.29, 0.717) is 11.4 Å². The Kier molecular flexibility index (Phi) is 5.84. The maximum absolute atomic E-state index is 12.0. The third-order valence-electron chi connectivity index (χ3n) is 6.68. The van der Waals surface area contributed by atoms with Gasteiger partial charge in [0.25, 0.3) is 0 Å². The van der Waals surface area contributed by atoms with Crippen LogP contribution in [0.3, 0.4) is 0 Å². The van der Waals surface area contributed by atoms with E-state index < -0.39 is 5.60 Å². The SMILES string of the molecule is COc1ncc(C2(O)[C@@H]3CCC[C@H]2CN(Cc2cc(C)ccc2OC)C3)c(OC)n1. The minimum atomic E-state index is -0.997. The van der Waals surface area contributed by atoms with Gasteiger partial charge in [-0.3, -0.25) is 4.90 Å². The van der Waals surface area contributed by atoms with Gasteiger partial charge in [0, 0.05) is 43.2 Å². The molecule has 1 unspecified atom stereocenters. The zero-order valence-corrected chi connectivity index (χ0v) is 18.2. The Bertz CT molecular complexity index is 890. The van der Waals surface area contributed by atoms with E-state index in [1.54, 1.807) is 20.4 Å². The molecular formula is C23H31N3O4. The highest BCUT2D eigenvalue weighted by Crippen LogP contribution is 2.51. The number of methoxy groups -OCH3 is 3. The summed E-state index contributed by atoms with van der Waals surface area (Å²) in [5.41, 5.74) is 2.09. The molecule has 2 aliphatic rings. The third-order valence-corrected chi connectivity index (χ3v) is 6.68. The van der Waals surface area contributed by atoms with E-state index in [2.05, 4.69) is 33.9 Å². The number of nitrogens with zero attached hydrogens (tertiary/aromatic N) is 3. The number of rotatable bonds is 6. The molecule has 30 heavy (non-hydrogen) atoms. The topological polar surface area (TPSA) is 76.9 Å². The molecule has 7 nitrogen and oxygen atoms in total. The van der Waals surface area contributed by atoms with Gasteiger partial charge < -0.3 is 19.3 Å². The largest absolute Gasteiger partial charge is 0.496 e. The van der Waals surface area contributed by atoms with Crippen molar-refractivity contribution >= 4 is 0 Å². The van der Waals surface area contributed by atoms with Crippen LogP contribution in [0.4, 0.5) is 0 Å². The molecule has 3 atom stereocenters. The Labute approximate surface area is 178 Å². The van der Waals surface area contributed by atoms with E-state index >= 15 is 0 Å². The monoisotopic (exact) mass is 413 g/mol. The zero-order valence-electron chi connectivity index (χ0n) is 18.2. The normalized spacial score (nSPS) is 26.3. The van der Waals surface area contributed by atoms with Gasteiger partial charge in [-0.1, -0.05) is 24.1 Å². The van der Waals surface area contributed by atoms with Crippen LogP contribution in [-0.4, -0.2) is 54.4 Å². The number of fused-ring (bicyclic) bond motifs is 2. The van der Waals surface area contributed by atoms with Crippen LogP contribution >= 0.6 is 0 Å². The number of piperidine rings is 1. The van der Waals surface area contributed by atoms with E-state index in [-0.39, 0.29) is 17.8 Å². The number of hydrogen-bond donors (Lipinski definition) is 1. The fourth-order valence-corrected chi connectivity index (χ4v) is 5.26. The first kappa shape index (κ1) is 20.9. The lowest BCUT2D eigenvalue weighted by Gasteiger charge is -2.53. The van der Waals surface area contributed by atoms with Gasteiger partial charge in [0.1, 0.15) is 11.4 Å². The lowest BCUT2D eigenvalue weighted by Crippen LogP contribution is -2.58. The van der Waals surface area contributed by atoms with Crippen LogP contribution < -0.4 is 14.2 Å². The predicted molar refractivity (Wildman–Crippen MR) is 113 cm³/mol. The van der Waals surface area contributed by atoms with Gasteiger partial charge in [-0.25, -0.2) is 4.98 Å². The Balaban J connectivity index is 1.62. The number of benzene rings is 1. The van der Waals surface area contributed by atoms with Crippen molar-refractivity contribution < 1.29 is 19.3 Å². The van der Waals surface area contributed by atoms with Crippen molar-refractivity contribution in [3.63, 3.8) is 0 Å². The second-order valence-corrected chi connectivity index (χ2v) is 8.44. The Hall–Kier alpha value is -2.38. The van der Waals surface area contributed by atoms with Crippen molar-refractivity contribution in [1.29, 1.82) is 0 Å². The summed E-state index contributed by atoms with van der Waals surface area (Å²) in [4.78, 5) is 11.0. The molecule has 0 amide bonds. The Morgan fingerprint density at radius 3 is 2.47 bits per heavy atom. The number of hydrogen-bond acceptors (Lipinski definition) is 7. The van der Waals surface area contributed by atoms with Crippen molar-refractivity contribution in [1.82, 2.24) is 14.9 Å². The average Bonchev–Trinajstić information content (AvgIpc) is 2.74. The molecule has 162 valence electrons. The van der Waals surface area contributed by atoms with Crippen LogP contribution in [-0.2, 0) is 12.1 Å². The molecule has 1 N–H and O–H groups in total. The molecule has 1 aliphatic carbocycles. The van der Waals surface area contributed by atoms with Crippen molar-refractivity contribution in [2.45, 2.75) is 38.3 Å². The zero-order chi connectivity index (χ0) is 21.3. The van der Waals surface area contributed by atoms with E-state index in [4.69, 9.17) is 14.2 Å². The van der Waals surface area contributed by atoms with Crippen molar-refractivity contribution in [3.05, 3.63) is 41.1 Å². The fourth-order valence-electron chi connectivity index (χ4n) is 5.26. The van der Waals surface area contributed by atoms with Crippen LogP contribution in [0.5, 0.6) is 17.6 Å². The lowest BCUT2D eigenvalue weighted by molar-refractivity contribution is -0.149. The maximum atomic E-state index is 12.0. The van der Waals surface area contributed by atoms with Crippen LogP contribution in [0.2, 0.25) is 0 Å². The van der Waals surface area contributed by atoms with Gasteiger partial charge >= 0.3 is 6.01 Å². The van der Waals surface area contributed by atoms with Crippen molar-refractivity contribution in [3.8, 4) is 17.6 Å². The van der Waals surface area contributed by atoms with Gasteiger partial charge in [0.15, 0.2) is 0 Å². The summed E-state index contributed by atoms with van der Waals surface area (Å²) in [6.45, 7) is 4.52. The molecule has 1 saturated carbocycles. The van der Waals surface area contributed by atoms with Crippen LogP contribution in [0.15, 0.2) is 24.4 Å². The number of aromatic nitrogens is 2. The smallest absolute Gasteiger partial charge is 0.319 e. The van der Waals surface area contributed by atoms with E-state index in [0.717, 1.165) is 44.6 Å². The molecule has 0 spiro atoms. The number of aliphatic hydroxyl groups is 1. The molecule has 2 aromatic rings. The highest BCUT2D eigenvalue weighted by atomic mass is 16.5. The molecule has 1 aromatic carbocycles. The molecule has 0 radical (unpaired) electrons. The van der Waals surface area contributed by atoms with E-state index in [1.165, 1.54) is 18.2 Å². The minimum Gasteiger partial charge on any atom is -0.496 e. The van der Waals surface area contributed by atoms with E-state index in [9.17, 15) is 5.11 Å². The Morgan fingerprint density at radius 1 is 1.10 bits per heavy atom. The van der Waals surface area contributed by atoms with E-state index in [1.807, 2.05) is 6.07 Å². The molecule has 1 aromatic heterocycles. The summed E-state index contributed by atoms with van der Waals surface area (Å²) in [6.07, 6.45) is 4.72. The Morgan fingerprint density at radius 2 is 1.83 bits per heavy atom. The summed E-state index contributed by atoms with van der Waals surface area (Å²) in [5, 5.41) is 12.0. The van der Waals surface area contributed by atoms with Gasteiger partial charge in [-0.2, -0.15) is 4.98 Å². The molecule has 1 saturated heterocycles. The molecule has 2 heterocycles. The first-order valence-electron chi connectivity index (χ1n) is 10.5. The number of aryl methyl sites for hydroxylation is 1. The molecular weight excluding hydrogens is 382 g/mol. The molecule has 2 fully saturated rings. The highest BCUT2D eigenvalue weighted by molar-refractivity contribution is 5.37. The lowest BCUT2D eigenvalue weighted by atomic mass is 9.63. The number of ether oxygens (including phenoxy) is 3. The standard InChI is InChI=1S/C23H31N3O4/c1-15-8-9-20(28-2)16(10-15)12-26-13-17-6-5-7-18(14-26)23(17,27)19-11-24-22(30-4)25-21(19)29-3/h8-11,17-18,27H,5-7,12-14H2,1-4H3/t17-,18+,23?. The molecule has 7 heteroatoms. The molecule has 2 bridgehead atoms. The van der Waals surface area contributed by atoms with Crippen LogP contribution in [0.25, 0.3) is 0 Å². The first-order valence-corrected chi connectivity index (χ1v) is 10.5. The quantitative estimate of drug-likeness (QED) is 0.780. The highest BCUT2D eigenvalue weighted by Gasteiger charge is 2.53. The predicted octanol–water partition coefficient (Wildman–Crippen LogP) is 2.93. The van der Waals surface area contributed by atoms with Gasteiger partial charge in [-0.15, -0.1) is 0 Å². The third kappa shape index (κ3) is 3.61. The van der Waals surface area contributed by atoms with Gasteiger partial charge in [0.05, 0.1) is 26.9 Å². The van der Waals surface area contributed by atoms with Crippen molar-refractivity contribution in [2.75, 3.05) is 34.4 Å². The summed E-state index contributed by atoms with van der Waals surface area (Å²) in [7, 11) is 4.81.